The van der Waals surface area contributed by atoms with Crippen molar-refractivity contribution in [3.63, 3.8) is 0 Å². The van der Waals surface area contributed by atoms with E-state index >= 15 is 0 Å². The second-order valence-corrected chi connectivity index (χ2v) is 8.29. The van der Waals surface area contributed by atoms with E-state index in [1.807, 2.05) is 0 Å². The van der Waals surface area contributed by atoms with Gasteiger partial charge in [0.05, 0.1) is 6.61 Å². The summed E-state index contributed by atoms with van der Waals surface area (Å²) in [7, 11) is 0. The Balaban J connectivity index is 2.03. The fourth-order valence-electron chi connectivity index (χ4n) is 2.98. The first kappa shape index (κ1) is 27.1. The minimum absolute atomic E-state index is 0.0285. The highest BCUT2D eigenvalue weighted by Gasteiger charge is 2.96. The van der Waals surface area contributed by atoms with Crippen LogP contribution in [0.1, 0.15) is 17.3 Å². The summed E-state index contributed by atoms with van der Waals surface area (Å²) in [6, 6.07) is 5.51. The lowest BCUT2D eigenvalue weighted by Crippen LogP contribution is -2.63. The minimum Gasteiger partial charge on any atom is -0.462 e. The number of carbonyl (C=O) groups excluding carboxylic acids is 2. The van der Waals surface area contributed by atoms with Crippen molar-refractivity contribution in [1.29, 1.82) is 0 Å². The van der Waals surface area contributed by atoms with Gasteiger partial charge in [-0.05, 0) is 24.6 Å². The van der Waals surface area contributed by atoms with Crippen molar-refractivity contribution in [1.82, 2.24) is 0 Å². The summed E-state index contributed by atoms with van der Waals surface area (Å²) < 4.78 is 131. The molecule has 35 heavy (non-hydrogen) atoms. The van der Waals surface area contributed by atoms with Gasteiger partial charge in [0.15, 0.2) is 0 Å². The van der Waals surface area contributed by atoms with Crippen LogP contribution in [0.15, 0.2) is 29.6 Å². The molecule has 192 valence electrons. The average molecular weight is 556 g/mol. The van der Waals surface area contributed by atoms with E-state index in [4.69, 9.17) is 16.3 Å². The number of benzene rings is 1. The number of ether oxygens (including phenoxy) is 2. The van der Waals surface area contributed by atoms with Crippen LogP contribution in [0.4, 0.5) is 44.5 Å². The third kappa shape index (κ3) is 3.93. The topological polar surface area (TPSA) is 64.6 Å². The Morgan fingerprint density at radius 1 is 1.06 bits per heavy atom. The maximum absolute atomic E-state index is 14.5. The maximum atomic E-state index is 14.5. The Morgan fingerprint density at radius 3 is 2.11 bits per heavy atom. The molecule has 0 saturated carbocycles. The average Bonchev–Trinajstić information content (AvgIpc) is 3.20. The molecule has 1 atom stereocenters. The van der Waals surface area contributed by atoms with Crippen LogP contribution in [0.3, 0.4) is 0 Å². The van der Waals surface area contributed by atoms with Gasteiger partial charge < -0.3 is 10.1 Å². The molecule has 1 amide bonds. The number of nitrogens with one attached hydrogen (secondary N) is 1. The largest absolute Gasteiger partial charge is 0.462 e. The van der Waals surface area contributed by atoms with Crippen molar-refractivity contribution in [2.75, 3.05) is 11.9 Å². The molecule has 1 fully saturated rings. The highest BCUT2D eigenvalue weighted by Crippen LogP contribution is 2.64. The van der Waals surface area contributed by atoms with Crippen LogP contribution < -0.4 is 5.32 Å². The van der Waals surface area contributed by atoms with Gasteiger partial charge in [-0.15, -0.1) is 11.3 Å². The molecule has 5 nitrogen and oxygen atoms in total. The summed E-state index contributed by atoms with van der Waals surface area (Å²) in [5, 5.41) is 1.85. The van der Waals surface area contributed by atoms with Crippen LogP contribution in [-0.4, -0.2) is 48.2 Å². The third-order valence-electron chi connectivity index (χ3n) is 4.77. The molecule has 1 saturated heterocycles. The van der Waals surface area contributed by atoms with Gasteiger partial charge in [0, 0.05) is 16.0 Å². The van der Waals surface area contributed by atoms with Crippen LogP contribution in [0.25, 0.3) is 11.1 Å². The fourth-order valence-corrected chi connectivity index (χ4v) is 4.05. The van der Waals surface area contributed by atoms with Crippen LogP contribution in [0.2, 0.25) is 5.02 Å². The molecule has 1 N–H and O–H groups in total. The number of thiophene rings is 1. The molecule has 1 aliphatic rings. The molecule has 2 aromatic rings. The van der Waals surface area contributed by atoms with E-state index < -0.39 is 52.2 Å². The second-order valence-electron chi connectivity index (χ2n) is 6.97. The van der Waals surface area contributed by atoms with Crippen LogP contribution in [0.5, 0.6) is 0 Å². The zero-order valence-electron chi connectivity index (χ0n) is 16.9. The van der Waals surface area contributed by atoms with Crippen molar-refractivity contribution >= 4 is 39.8 Å². The number of rotatable bonds is 6. The van der Waals surface area contributed by atoms with E-state index in [9.17, 15) is 49.1 Å². The quantitative estimate of drug-likeness (QED) is 0.332. The van der Waals surface area contributed by atoms with Crippen LogP contribution in [0, 0.1) is 0 Å². The van der Waals surface area contributed by atoms with Crippen LogP contribution >= 0.6 is 22.9 Å². The number of esters is 1. The first-order valence-electron chi connectivity index (χ1n) is 9.21. The van der Waals surface area contributed by atoms with Gasteiger partial charge >= 0.3 is 41.6 Å². The molecule has 3 rings (SSSR count). The van der Waals surface area contributed by atoms with Gasteiger partial charge in [-0.1, -0.05) is 23.7 Å². The number of hydrogen-bond acceptors (Lipinski definition) is 5. The predicted molar refractivity (Wildman–Crippen MR) is 104 cm³/mol. The van der Waals surface area contributed by atoms with E-state index in [1.54, 1.807) is 0 Å². The van der Waals surface area contributed by atoms with Crippen molar-refractivity contribution in [3.05, 3.63) is 40.2 Å². The summed E-state index contributed by atoms with van der Waals surface area (Å²) in [4.78, 5) is 24.5. The highest BCUT2D eigenvalue weighted by atomic mass is 35.5. The monoisotopic (exact) mass is 555 g/mol. The number of anilines is 1. The fraction of sp³-hybridized carbons (Fsp3) is 0.368. The lowest BCUT2D eigenvalue weighted by molar-refractivity contribution is -0.366. The second kappa shape index (κ2) is 8.55. The van der Waals surface area contributed by atoms with Gasteiger partial charge in [-0.25, -0.2) is 4.79 Å². The molecule has 0 bridgehead atoms. The van der Waals surface area contributed by atoms with E-state index in [0.717, 1.165) is 5.38 Å². The standard InChI is InChI=1S/C19H11ClF9NO4S/c1-2-33-13(31)11-10(8-3-5-9(20)6-4-8)7-35-12(11)30-14(32)15(21,22)18(27)16(23,24)17(25,26)19(28,29)34-18/h3-7H,2H2,1H3,(H,30,32)/t18-/m0/s1. The van der Waals surface area contributed by atoms with E-state index in [2.05, 4.69) is 4.74 Å². The number of hydrogen-bond donors (Lipinski definition) is 1. The Morgan fingerprint density at radius 2 is 1.63 bits per heavy atom. The number of halogens is 10. The molecule has 0 radical (unpaired) electrons. The lowest BCUT2D eigenvalue weighted by atomic mass is 9.99. The normalized spacial score (nSPS) is 22.6. The van der Waals surface area contributed by atoms with Crippen molar-refractivity contribution in [2.24, 2.45) is 0 Å². The van der Waals surface area contributed by atoms with Crippen LogP contribution in [-0.2, 0) is 14.3 Å². The molecular weight excluding hydrogens is 545 g/mol. The van der Waals surface area contributed by atoms with Gasteiger partial charge in [-0.3, -0.25) is 9.53 Å². The summed E-state index contributed by atoms with van der Waals surface area (Å²) in [5.74, 6) is -30.6. The van der Waals surface area contributed by atoms with E-state index in [-0.39, 0.29) is 22.8 Å². The van der Waals surface area contributed by atoms with Gasteiger partial charge in [0.25, 0.3) is 0 Å². The van der Waals surface area contributed by atoms with Crippen molar-refractivity contribution < 1.29 is 58.6 Å². The molecule has 1 aromatic carbocycles. The van der Waals surface area contributed by atoms with Gasteiger partial charge in [-0.2, -0.15) is 39.5 Å². The molecule has 16 heteroatoms. The smallest absolute Gasteiger partial charge is 0.428 e. The summed E-state index contributed by atoms with van der Waals surface area (Å²) in [6.07, 6.45) is -6.38. The summed E-state index contributed by atoms with van der Waals surface area (Å²) in [5.41, 5.74) is -0.377. The third-order valence-corrected chi connectivity index (χ3v) is 5.92. The molecule has 0 unspecified atom stereocenters. The SMILES string of the molecule is CCOC(=O)c1c(-c2ccc(Cl)cc2)csc1NC(=O)C(F)(F)[C@]1(F)OC(F)(F)C(F)(F)C1(F)F. The molecular formula is C19H11ClF9NO4S. The zero-order chi connectivity index (χ0) is 26.6. The summed E-state index contributed by atoms with van der Waals surface area (Å²) in [6.45, 7) is 1.13. The Kier molecular flexibility index (Phi) is 6.62. The highest BCUT2D eigenvalue weighted by molar-refractivity contribution is 7.15. The molecule has 0 spiro atoms. The predicted octanol–water partition coefficient (Wildman–Crippen LogP) is 6.38. The first-order chi connectivity index (χ1) is 15.9. The van der Waals surface area contributed by atoms with Gasteiger partial charge in [0.1, 0.15) is 10.6 Å². The van der Waals surface area contributed by atoms with Crippen molar-refractivity contribution in [2.45, 2.75) is 36.7 Å². The lowest BCUT2D eigenvalue weighted by Gasteiger charge is -2.31. The first-order valence-corrected chi connectivity index (χ1v) is 10.5. The number of carbonyl (C=O) groups is 2. The van der Waals surface area contributed by atoms with Gasteiger partial charge in [0.2, 0.25) is 0 Å². The number of alkyl halides is 9. The Bertz CT molecular complexity index is 1160. The van der Waals surface area contributed by atoms with Crippen molar-refractivity contribution in [3.8, 4) is 11.1 Å². The molecule has 1 aromatic heterocycles. The molecule has 1 aliphatic heterocycles. The Hall–Kier alpha value is -2.52. The molecule has 0 aliphatic carbocycles. The number of amides is 1. The van der Waals surface area contributed by atoms with E-state index in [1.165, 1.54) is 36.5 Å². The zero-order valence-corrected chi connectivity index (χ0v) is 18.5. The van der Waals surface area contributed by atoms with E-state index in [0.29, 0.717) is 11.3 Å². The molecule has 2 heterocycles. The summed E-state index contributed by atoms with van der Waals surface area (Å²) >= 11 is 6.14. The maximum Gasteiger partial charge on any atom is 0.428 e. The Labute approximate surface area is 198 Å². The minimum atomic E-state index is -6.84.